The third kappa shape index (κ3) is 2.92. The number of benzene rings is 2. The lowest BCUT2D eigenvalue weighted by Crippen LogP contribution is -2.13. The van der Waals surface area contributed by atoms with E-state index >= 15 is 0 Å². The molecule has 1 nitrogen and oxygen atoms in total. The molecule has 2 aromatic rings. The van der Waals surface area contributed by atoms with E-state index < -0.39 is 10.8 Å². The van der Waals surface area contributed by atoms with Crippen molar-refractivity contribution in [1.29, 1.82) is 0 Å². The molecular weight excluding hydrogens is 267 g/mol. The second-order valence-corrected chi connectivity index (χ2v) is 4.82. The van der Waals surface area contributed by atoms with Crippen molar-refractivity contribution < 1.29 is 4.79 Å². The van der Waals surface area contributed by atoms with Crippen molar-refractivity contribution in [3.05, 3.63) is 71.8 Å². The molecule has 18 heavy (non-hydrogen) atoms. The van der Waals surface area contributed by atoms with Crippen molar-refractivity contribution in [3.8, 4) is 0 Å². The molecule has 0 aromatic heterocycles. The van der Waals surface area contributed by atoms with E-state index in [1.165, 1.54) is 0 Å². The van der Waals surface area contributed by atoms with Crippen LogP contribution in [0.1, 0.15) is 21.9 Å². The lowest BCUT2D eigenvalue weighted by Gasteiger charge is -2.13. The van der Waals surface area contributed by atoms with E-state index in [1.54, 1.807) is 0 Å². The topological polar surface area (TPSA) is 17.1 Å². The summed E-state index contributed by atoms with van der Waals surface area (Å²) in [5.41, 5.74) is 1.54. The molecule has 92 valence electrons. The Bertz CT molecular complexity index is 463. The van der Waals surface area contributed by atoms with E-state index in [-0.39, 0.29) is 5.78 Å². The number of ketones is 1. The van der Waals surface area contributed by atoms with Crippen LogP contribution in [0.5, 0.6) is 0 Å². The number of carbonyl (C=O) groups excluding carboxylic acids is 1. The first-order chi connectivity index (χ1) is 8.70. The maximum absolute atomic E-state index is 12.2. The summed E-state index contributed by atoms with van der Waals surface area (Å²) in [7, 11) is 0. The number of alkyl halides is 2. The summed E-state index contributed by atoms with van der Waals surface area (Å²) < 4.78 is 0. The molecule has 2 rings (SSSR count). The van der Waals surface area contributed by atoms with Crippen LogP contribution in [0.3, 0.4) is 0 Å². The normalized spacial score (nSPS) is 13.9. The predicted octanol–water partition coefficient (Wildman–Crippen LogP) is 4.52. The Labute approximate surface area is 116 Å². The van der Waals surface area contributed by atoms with E-state index in [0.29, 0.717) is 0 Å². The van der Waals surface area contributed by atoms with Crippen LogP contribution in [0.4, 0.5) is 0 Å². The summed E-state index contributed by atoms with van der Waals surface area (Å²) in [5.74, 6) is -0.198. The zero-order valence-corrected chi connectivity index (χ0v) is 11.1. The summed E-state index contributed by atoms with van der Waals surface area (Å²) in [6.45, 7) is 0. The van der Waals surface area contributed by atoms with E-state index in [9.17, 15) is 4.79 Å². The van der Waals surface area contributed by atoms with Gasteiger partial charge in [0.05, 0.1) is 0 Å². The standard InChI is InChI=1S/C15H12Cl2O/c16-13(11-7-3-1-4-8-11)15(18)14(17)12-9-5-2-6-10-12/h1-10,13-14H. The van der Waals surface area contributed by atoms with Crippen LogP contribution in [0.25, 0.3) is 0 Å². The molecule has 0 heterocycles. The molecule has 3 heteroatoms. The van der Waals surface area contributed by atoms with Gasteiger partial charge in [-0.3, -0.25) is 4.79 Å². The van der Waals surface area contributed by atoms with Gasteiger partial charge >= 0.3 is 0 Å². The molecule has 0 N–H and O–H groups in total. The quantitative estimate of drug-likeness (QED) is 0.752. The lowest BCUT2D eigenvalue weighted by molar-refractivity contribution is -0.118. The average molecular weight is 279 g/mol. The van der Waals surface area contributed by atoms with E-state index in [1.807, 2.05) is 60.7 Å². The first-order valence-corrected chi connectivity index (χ1v) is 6.49. The molecule has 0 aliphatic rings. The summed E-state index contributed by atoms with van der Waals surface area (Å²) in [5, 5.41) is -1.43. The van der Waals surface area contributed by atoms with Crippen molar-refractivity contribution in [2.75, 3.05) is 0 Å². The minimum absolute atomic E-state index is 0.198. The van der Waals surface area contributed by atoms with Gasteiger partial charge in [-0.1, -0.05) is 60.7 Å². The van der Waals surface area contributed by atoms with Gasteiger partial charge in [0.2, 0.25) is 0 Å². The Balaban J connectivity index is 2.17. The lowest BCUT2D eigenvalue weighted by atomic mass is 10.0. The molecule has 2 unspecified atom stereocenters. The highest BCUT2D eigenvalue weighted by Crippen LogP contribution is 2.31. The molecule has 0 aliphatic heterocycles. The van der Waals surface area contributed by atoms with Gasteiger partial charge in [-0.2, -0.15) is 0 Å². The van der Waals surface area contributed by atoms with Crippen LogP contribution in [-0.2, 0) is 4.79 Å². The van der Waals surface area contributed by atoms with Crippen LogP contribution in [0.2, 0.25) is 0 Å². The summed E-state index contributed by atoms with van der Waals surface area (Å²) in [4.78, 5) is 12.2. The fourth-order valence-electron chi connectivity index (χ4n) is 1.70. The Morgan fingerprint density at radius 2 is 1.06 bits per heavy atom. The van der Waals surface area contributed by atoms with Crippen LogP contribution in [0.15, 0.2) is 60.7 Å². The number of hydrogen-bond donors (Lipinski definition) is 0. The fourth-order valence-corrected chi connectivity index (χ4v) is 2.31. The smallest absolute Gasteiger partial charge is 0.177 e. The van der Waals surface area contributed by atoms with Crippen molar-refractivity contribution in [1.82, 2.24) is 0 Å². The number of rotatable bonds is 4. The second-order valence-electron chi connectivity index (χ2n) is 3.95. The van der Waals surface area contributed by atoms with Crippen molar-refractivity contribution in [3.63, 3.8) is 0 Å². The Morgan fingerprint density at radius 3 is 1.39 bits per heavy atom. The minimum atomic E-state index is -0.714. The zero-order chi connectivity index (χ0) is 13.0. The number of halogens is 2. The number of carbonyl (C=O) groups is 1. The minimum Gasteiger partial charge on any atom is -0.296 e. The summed E-state index contributed by atoms with van der Waals surface area (Å²) >= 11 is 12.3. The molecule has 0 fully saturated rings. The Morgan fingerprint density at radius 1 is 0.722 bits per heavy atom. The monoisotopic (exact) mass is 278 g/mol. The van der Waals surface area contributed by atoms with Crippen LogP contribution in [0, 0.1) is 0 Å². The van der Waals surface area contributed by atoms with Gasteiger partial charge in [-0.05, 0) is 11.1 Å². The van der Waals surface area contributed by atoms with Crippen molar-refractivity contribution in [2.45, 2.75) is 10.8 Å². The maximum atomic E-state index is 12.2. The van der Waals surface area contributed by atoms with Gasteiger partial charge in [-0.25, -0.2) is 0 Å². The van der Waals surface area contributed by atoms with Crippen LogP contribution < -0.4 is 0 Å². The molecule has 0 saturated heterocycles. The third-order valence-electron chi connectivity index (χ3n) is 2.68. The zero-order valence-electron chi connectivity index (χ0n) is 9.59. The van der Waals surface area contributed by atoms with Gasteiger partial charge in [0.1, 0.15) is 10.8 Å². The molecule has 0 aliphatic carbocycles. The van der Waals surface area contributed by atoms with Crippen molar-refractivity contribution >= 4 is 29.0 Å². The average Bonchev–Trinajstić information content (AvgIpc) is 2.47. The molecule has 2 aromatic carbocycles. The second kappa shape index (κ2) is 6.03. The first kappa shape index (κ1) is 13.1. The van der Waals surface area contributed by atoms with E-state index in [2.05, 4.69) is 0 Å². The predicted molar refractivity (Wildman–Crippen MR) is 75.1 cm³/mol. The highest BCUT2D eigenvalue weighted by molar-refractivity contribution is 6.40. The summed E-state index contributed by atoms with van der Waals surface area (Å²) in [6.07, 6.45) is 0. The van der Waals surface area contributed by atoms with Gasteiger partial charge in [0.15, 0.2) is 5.78 Å². The van der Waals surface area contributed by atoms with Gasteiger partial charge in [0.25, 0.3) is 0 Å². The SMILES string of the molecule is O=C(C(Cl)c1ccccc1)C(Cl)c1ccccc1. The molecular formula is C15H12Cl2O. The Hall–Kier alpha value is -1.31. The first-order valence-electron chi connectivity index (χ1n) is 5.62. The molecule has 0 amide bonds. The highest BCUT2D eigenvalue weighted by Gasteiger charge is 2.25. The maximum Gasteiger partial charge on any atom is 0.177 e. The molecule has 2 atom stereocenters. The number of hydrogen-bond acceptors (Lipinski definition) is 1. The van der Waals surface area contributed by atoms with Crippen molar-refractivity contribution in [2.24, 2.45) is 0 Å². The van der Waals surface area contributed by atoms with Crippen LogP contribution in [-0.4, -0.2) is 5.78 Å². The van der Waals surface area contributed by atoms with E-state index in [0.717, 1.165) is 11.1 Å². The highest BCUT2D eigenvalue weighted by atomic mass is 35.5. The van der Waals surface area contributed by atoms with Gasteiger partial charge < -0.3 is 0 Å². The molecule has 0 radical (unpaired) electrons. The molecule has 0 spiro atoms. The van der Waals surface area contributed by atoms with Crippen LogP contribution >= 0.6 is 23.2 Å². The van der Waals surface area contributed by atoms with Gasteiger partial charge in [-0.15, -0.1) is 23.2 Å². The molecule has 0 bridgehead atoms. The van der Waals surface area contributed by atoms with E-state index in [4.69, 9.17) is 23.2 Å². The fraction of sp³-hybridized carbons (Fsp3) is 0.133. The van der Waals surface area contributed by atoms with Gasteiger partial charge in [0, 0.05) is 0 Å². The third-order valence-corrected chi connectivity index (χ3v) is 3.62. The number of Topliss-reactive ketones (excluding diaryl/α,β-unsaturated/α-hetero) is 1. The molecule has 0 saturated carbocycles. The Kier molecular flexibility index (Phi) is 4.40. The largest absolute Gasteiger partial charge is 0.296 e. The summed E-state index contributed by atoms with van der Waals surface area (Å²) in [6, 6.07) is 18.5.